The van der Waals surface area contributed by atoms with Crippen molar-refractivity contribution in [1.29, 1.82) is 0 Å². The number of hydrogen-bond donors (Lipinski definition) is 2. The lowest BCUT2D eigenvalue weighted by atomic mass is 9.98. The second-order valence-corrected chi connectivity index (χ2v) is 9.18. The third kappa shape index (κ3) is 4.96. The van der Waals surface area contributed by atoms with E-state index in [0.29, 0.717) is 19.4 Å². The van der Waals surface area contributed by atoms with Crippen LogP contribution in [0.2, 0.25) is 0 Å². The molecule has 1 aromatic rings. The van der Waals surface area contributed by atoms with E-state index in [0.717, 1.165) is 57.7 Å². The molecule has 1 aliphatic carbocycles. The Morgan fingerprint density at radius 1 is 1.03 bits per heavy atom. The molecule has 8 nitrogen and oxygen atoms in total. The molecule has 8 heteroatoms. The molecule has 0 radical (unpaired) electrons. The fraction of sp³-hybridized carbons (Fsp3) is 0.625. The van der Waals surface area contributed by atoms with Crippen molar-refractivity contribution >= 4 is 17.8 Å². The van der Waals surface area contributed by atoms with Crippen molar-refractivity contribution in [2.24, 2.45) is 0 Å². The van der Waals surface area contributed by atoms with Crippen LogP contribution in [-0.4, -0.2) is 77.4 Å². The maximum Gasteiger partial charge on any atom is 0.325 e. The summed E-state index contributed by atoms with van der Waals surface area (Å²) in [4.78, 5) is 43.6. The first-order chi connectivity index (χ1) is 15.5. The van der Waals surface area contributed by atoms with Gasteiger partial charge >= 0.3 is 6.03 Å². The molecule has 3 fully saturated rings. The summed E-state index contributed by atoms with van der Waals surface area (Å²) < 4.78 is 0. The molecule has 3 aliphatic rings. The highest BCUT2D eigenvalue weighted by Gasteiger charge is 2.52. The molecule has 2 heterocycles. The first-order valence-electron chi connectivity index (χ1n) is 11.9. The van der Waals surface area contributed by atoms with Crippen molar-refractivity contribution in [3.8, 4) is 0 Å². The molecule has 1 aromatic carbocycles. The minimum absolute atomic E-state index is 0.121. The fourth-order valence-corrected chi connectivity index (χ4v) is 5.08. The van der Waals surface area contributed by atoms with Gasteiger partial charge in [-0.05, 0) is 30.5 Å². The molecule has 4 amide bonds. The summed E-state index contributed by atoms with van der Waals surface area (Å²) in [5.41, 5.74) is 1.63. The van der Waals surface area contributed by atoms with Crippen LogP contribution in [0.5, 0.6) is 0 Å². The van der Waals surface area contributed by atoms with E-state index < -0.39 is 5.54 Å². The summed E-state index contributed by atoms with van der Waals surface area (Å²) in [6.45, 7) is 9.07. The highest BCUT2D eigenvalue weighted by molar-refractivity contribution is 6.07. The minimum atomic E-state index is -0.713. The number of amides is 4. The molecule has 32 heavy (non-hydrogen) atoms. The molecule has 174 valence electrons. The number of benzene rings is 1. The number of carbonyl (C=O) groups excluding carboxylic acids is 3. The summed E-state index contributed by atoms with van der Waals surface area (Å²) in [6, 6.07) is 7.85. The maximum absolute atomic E-state index is 12.7. The number of piperazine rings is 1. The number of rotatable bonds is 8. The lowest BCUT2D eigenvalue weighted by Crippen LogP contribution is -2.45. The summed E-state index contributed by atoms with van der Waals surface area (Å²) in [7, 11) is 0. The Morgan fingerprint density at radius 3 is 2.38 bits per heavy atom. The van der Waals surface area contributed by atoms with E-state index in [1.165, 1.54) is 10.5 Å². The van der Waals surface area contributed by atoms with Gasteiger partial charge in [-0.15, -0.1) is 0 Å². The van der Waals surface area contributed by atoms with E-state index in [-0.39, 0.29) is 30.8 Å². The van der Waals surface area contributed by atoms with Gasteiger partial charge in [0.25, 0.3) is 5.91 Å². The molecule has 2 saturated heterocycles. The van der Waals surface area contributed by atoms with Gasteiger partial charge in [0, 0.05) is 52.2 Å². The van der Waals surface area contributed by atoms with Crippen LogP contribution in [-0.2, 0) is 22.7 Å². The van der Waals surface area contributed by atoms with Crippen molar-refractivity contribution in [3.63, 3.8) is 0 Å². The Kier molecular flexibility index (Phi) is 7.10. The number of urea groups is 1. The van der Waals surface area contributed by atoms with Gasteiger partial charge in [-0.3, -0.25) is 19.4 Å². The van der Waals surface area contributed by atoms with E-state index in [2.05, 4.69) is 39.5 Å². The molecule has 2 N–H and O–H groups in total. The van der Waals surface area contributed by atoms with Crippen molar-refractivity contribution < 1.29 is 14.4 Å². The highest BCUT2D eigenvalue weighted by Crippen LogP contribution is 2.35. The third-order valence-electron chi connectivity index (χ3n) is 7.17. The second-order valence-electron chi connectivity index (χ2n) is 9.18. The molecule has 0 bridgehead atoms. The van der Waals surface area contributed by atoms with Crippen LogP contribution in [0.25, 0.3) is 0 Å². The molecule has 0 unspecified atom stereocenters. The molecule has 0 aromatic heterocycles. The van der Waals surface area contributed by atoms with Gasteiger partial charge in [-0.2, -0.15) is 0 Å². The quantitative estimate of drug-likeness (QED) is 0.600. The van der Waals surface area contributed by atoms with E-state index in [1.807, 2.05) is 12.1 Å². The van der Waals surface area contributed by atoms with Gasteiger partial charge < -0.3 is 15.5 Å². The standard InChI is InChI=1S/C24H35N5O3/c1-2-27-13-15-28(16-14-27)18-20-8-4-3-7-19(20)17-25-21(30)9-12-29-22(31)24(26-23(29)32)10-5-6-11-24/h3-4,7-8H,2,5-6,9-18H2,1H3,(H,25,30)(H,26,32). The zero-order valence-electron chi connectivity index (χ0n) is 19.1. The smallest absolute Gasteiger partial charge is 0.325 e. The van der Waals surface area contributed by atoms with Crippen LogP contribution in [0.3, 0.4) is 0 Å². The Hall–Kier alpha value is -2.45. The molecular formula is C24H35N5O3. The monoisotopic (exact) mass is 441 g/mol. The number of nitrogens with one attached hydrogen (secondary N) is 2. The first-order valence-corrected chi connectivity index (χ1v) is 11.9. The molecular weight excluding hydrogens is 406 g/mol. The topological polar surface area (TPSA) is 85.0 Å². The lowest BCUT2D eigenvalue weighted by molar-refractivity contribution is -0.131. The number of carbonyl (C=O) groups is 3. The van der Waals surface area contributed by atoms with Gasteiger partial charge in [-0.25, -0.2) is 4.79 Å². The fourth-order valence-electron chi connectivity index (χ4n) is 5.08. The summed E-state index contributed by atoms with van der Waals surface area (Å²) >= 11 is 0. The van der Waals surface area contributed by atoms with Gasteiger partial charge in [0.1, 0.15) is 5.54 Å². The van der Waals surface area contributed by atoms with E-state index >= 15 is 0 Å². The highest BCUT2D eigenvalue weighted by atomic mass is 16.2. The molecule has 1 saturated carbocycles. The predicted molar refractivity (Wildman–Crippen MR) is 122 cm³/mol. The minimum Gasteiger partial charge on any atom is -0.352 e. The average Bonchev–Trinajstić information content (AvgIpc) is 3.37. The van der Waals surface area contributed by atoms with E-state index in [1.54, 1.807) is 0 Å². The number of hydrogen-bond acceptors (Lipinski definition) is 5. The summed E-state index contributed by atoms with van der Waals surface area (Å²) in [6.07, 6.45) is 3.42. The lowest BCUT2D eigenvalue weighted by Gasteiger charge is -2.34. The Labute approximate surface area is 190 Å². The molecule has 0 atom stereocenters. The maximum atomic E-state index is 12.7. The van der Waals surface area contributed by atoms with Crippen LogP contribution < -0.4 is 10.6 Å². The number of nitrogens with zero attached hydrogens (tertiary/aromatic N) is 3. The van der Waals surface area contributed by atoms with Crippen molar-refractivity contribution in [1.82, 2.24) is 25.3 Å². The van der Waals surface area contributed by atoms with Gasteiger partial charge in [0.2, 0.25) is 5.91 Å². The van der Waals surface area contributed by atoms with Gasteiger partial charge in [-0.1, -0.05) is 44.0 Å². The summed E-state index contributed by atoms with van der Waals surface area (Å²) in [5, 5.41) is 5.83. The predicted octanol–water partition coefficient (Wildman–Crippen LogP) is 1.70. The van der Waals surface area contributed by atoms with Crippen molar-refractivity contribution in [2.45, 2.75) is 57.7 Å². The Morgan fingerprint density at radius 2 is 1.69 bits per heavy atom. The number of likely N-dealkylation sites (N-methyl/N-ethyl adjacent to an activating group) is 1. The van der Waals surface area contributed by atoms with Crippen LogP contribution in [0.4, 0.5) is 4.79 Å². The second kappa shape index (κ2) is 10.0. The van der Waals surface area contributed by atoms with Gasteiger partial charge in [0.15, 0.2) is 0 Å². The zero-order valence-corrected chi connectivity index (χ0v) is 19.1. The van der Waals surface area contributed by atoms with Crippen molar-refractivity contribution in [2.75, 3.05) is 39.3 Å². The Balaban J connectivity index is 1.26. The largest absolute Gasteiger partial charge is 0.352 e. The normalized spacial score (nSPS) is 21.3. The van der Waals surface area contributed by atoms with E-state index in [9.17, 15) is 14.4 Å². The third-order valence-corrected chi connectivity index (χ3v) is 7.17. The molecule has 2 aliphatic heterocycles. The van der Waals surface area contributed by atoms with Crippen LogP contribution in [0, 0.1) is 0 Å². The molecule has 4 rings (SSSR count). The number of imide groups is 1. The van der Waals surface area contributed by atoms with Crippen LogP contribution in [0.1, 0.15) is 50.2 Å². The SMILES string of the molecule is CCN1CCN(Cc2ccccc2CNC(=O)CCN2C(=O)NC3(CCCC3)C2=O)CC1. The van der Waals surface area contributed by atoms with E-state index in [4.69, 9.17) is 0 Å². The first kappa shape index (κ1) is 22.7. The van der Waals surface area contributed by atoms with Gasteiger partial charge in [0.05, 0.1) is 0 Å². The Bertz CT molecular complexity index is 844. The average molecular weight is 442 g/mol. The van der Waals surface area contributed by atoms with Crippen LogP contribution >= 0.6 is 0 Å². The van der Waals surface area contributed by atoms with Crippen molar-refractivity contribution in [3.05, 3.63) is 35.4 Å². The zero-order chi connectivity index (χ0) is 22.6. The van der Waals surface area contributed by atoms with Crippen LogP contribution in [0.15, 0.2) is 24.3 Å². The summed E-state index contributed by atoms with van der Waals surface area (Å²) in [5.74, 6) is -0.314. The molecule has 1 spiro atoms.